The normalized spacial score (nSPS) is 11.6. The zero-order valence-corrected chi connectivity index (χ0v) is 43.2. The van der Waals surface area contributed by atoms with Crippen molar-refractivity contribution >= 4 is 49.3 Å². The van der Waals surface area contributed by atoms with Crippen molar-refractivity contribution in [2.75, 3.05) is 0 Å². The molecule has 0 saturated heterocycles. The van der Waals surface area contributed by atoms with Gasteiger partial charge in [-0.2, -0.15) is 0 Å². The second-order valence-electron chi connectivity index (χ2n) is 20.9. The SMILES string of the molecule is [C-]#[N+]c1cccc(-c2cc(-n3c4cc(-c5cc(C)cc(C)c5)ccc4c4ccc(-c5cc(C)cc(C)c5)cc43)c(-n3c4cc(-c5cc(C)cc(C)c5)ccc4c4ccc(-c5cc(C)cc(C)c5)cc43)cc2C)c1. The third-order valence-corrected chi connectivity index (χ3v) is 14.8. The molecule has 0 saturated carbocycles. The molecule has 3 heteroatoms. The minimum absolute atomic E-state index is 0.621. The van der Waals surface area contributed by atoms with Gasteiger partial charge in [0, 0.05) is 21.5 Å². The van der Waals surface area contributed by atoms with Gasteiger partial charge in [-0.25, -0.2) is 4.85 Å². The predicted molar refractivity (Wildman–Crippen MR) is 311 cm³/mol. The Morgan fingerprint density at radius 3 is 0.918 bits per heavy atom. The van der Waals surface area contributed by atoms with Crippen LogP contribution < -0.4 is 0 Å². The van der Waals surface area contributed by atoms with E-state index >= 15 is 0 Å². The number of benzene rings is 10. The van der Waals surface area contributed by atoms with Crippen LogP contribution in [0.3, 0.4) is 0 Å². The Hall–Kier alpha value is -8.71. The zero-order chi connectivity index (χ0) is 50.4. The Balaban J connectivity index is 1.25. The highest BCUT2D eigenvalue weighted by Gasteiger charge is 2.24. The fraction of sp³-hybridized carbons (Fsp3) is 0.129. The van der Waals surface area contributed by atoms with Gasteiger partial charge >= 0.3 is 0 Å². The molecule has 0 unspecified atom stereocenters. The number of aromatic nitrogens is 2. The van der Waals surface area contributed by atoms with E-state index in [0.717, 1.165) is 50.1 Å². The van der Waals surface area contributed by atoms with Crippen molar-refractivity contribution in [2.24, 2.45) is 0 Å². The van der Waals surface area contributed by atoms with Gasteiger partial charge in [0.05, 0.1) is 40.0 Å². The minimum atomic E-state index is 0.621. The van der Waals surface area contributed by atoms with Crippen molar-refractivity contribution in [1.82, 2.24) is 9.13 Å². The van der Waals surface area contributed by atoms with Gasteiger partial charge in [0.1, 0.15) is 0 Å². The maximum absolute atomic E-state index is 8.03. The van der Waals surface area contributed by atoms with Gasteiger partial charge in [0.15, 0.2) is 5.69 Å². The summed E-state index contributed by atoms with van der Waals surface area (Å²) in [7, 11) is 0. The van der Waals surface area contributed by atoms with Crippen molar-refractivity contribution < 1.29 is 0 Å². The molecule has 0 N–H and O–H groups in total. The Morgan fingerprint density at radius 1 is 0.288 bits per heavy atom. The minimum Gasteiger partial charge on any atom is -0.307 e. The molecule has 0 aliphatic rings. The van der Waals surface area contributed by atoms with Gasteiger partial charge in [-0.1, -0.05) is 184 Å². The van der Waals surface area contributed by atoms with Gasteiger partial charge < -0.3 is 9.13 Å². The lowest BCUT2D eigenvalue weighted by Crippen LogP contribution is -2.05. The summed E-state index contributed by atoms with van der Waals surface area (Å²) in [6, 6.07) is 68.5. The molecular formula is C70H57N3. The lowest BCUT2D eigenvalue weighted by atomic mass is 9.97. The smallest absolute Gasteiger partial charge is 0.187 e. The maximum atomic E-state index is 8.03. The van der Waals surface area contributed by atoms with Crippen LogP contribution in [0.1, 0.15) is 50.1 Å². The second kappa shape index (κ2) is 17.5. The molecule has 2 aromatic heterocycles. The molecule has 0 radical (unpaired) electrons. The Labute approximate surface area is 429 Å². The van der Waals surface area contributed by atoms with Crippen LogP contribution >= 0.6 is 0 Å². The van der Waals surface area contributed by atoms with Crippen LogP contribution in [0.2, 0.25) is 0 Å². The van der Waals surface area contributed by atoms with E-state index in [1.807, 2.05) is 18.2 Å². The van der Waals surface area contributed by atoms with E-state index in [4.69, 9.17) is 6.57 Å². The van der Waals surface area contributed by atoms with E-state index in [0.29, 0.717) is 5.69 Å². The summed E-state index contributed by atoms with van der Waals surface area (Å²) < 4.78 is 5.09. The molecule has 0 spiro atoms. The largest absolute Gasteiger partial charge is 0.307 e. The van der Waals surface area contributed by atoms with Crippen LogP contribution in [-0.4, -0.2) is 9.13 Å². The molecule has 352 valence electrons. The summed E-state index contributed by atoms with van der Waals surface area (Å²) in [5.74, 6) is 0. The first kappa shape index (κ1) is 45.4. The predicted octanol–water partition coefficient (Wildman–Crippen LogP) is 19.5. The highest BCUT2D eigenvalue weighted by atomic mass is 15.1. The molecule has 10 aromatic carbocycles. The molecule has 12 aromatic rings. The molecule has 0 atom stereocenters. The monoisotopic (exact) mass is 939 g/mol. The first-order valence-electron chi connectivity index (χ1n) is 25.4. The van der Waals surface area contributed by atoms with Crippen molar-refractivity contribution in [1.29, 1.82) is 0 Å². The maximum Gasteiger partial charge on any atom is 0.187 e. The quantitative estimate of drug-likeness (QED) is 0.141. The first-order chi connectivity index (χ1) is 35.2. The van der Waals surface area contributed by atoms with Crippen LogP contribution in [0.25, 0.3) is 115 Å². The number of fused-ring (bicyclic) bond motifs is 6. The van der Waals surface area contributed by atoms with Crippen LogP contribution in [0.5, 0.6) is 0 Å². The summed E-state index contributed by atoms with van der Waals surface area (Å²) in [5, 5.41) is 4.78. The van der Waals surface area contributed by atoms with Crippen LogP contribution in [0.4, 0.5) is 5.69 Å². The second-order valence-corrected chi connectivity index (χ2v) is 20.9. The van der Waals surface area contributed by atoms with Gasteiger partial charge in [-0.05, 0) is 166 Å². The molecular weight excluding hydrogens is 883 g/mol. The van der Waals surface area contributed by atoms with Gasteiger partial charge in [0.25, 0.3) is 0 Å². The third kappa shape index (κ3) is 8.10. The van der Waals surface area contributed by atoms with E-state index in [2.05, 4.69) is 240 Å². The molecule has 12 rings (SSSR count). The summed E-state index contributed by atoms with van der Waals surface area (Å²) in [4.78, 5) is 3.90. The number of rotatable bonds is 7. The molecule has 0 aliphatic carbocycles. The summed E-state index contributed by atoms with van der Waals surface area (Å²) in [5.41, 5.74) is 30.0. The zero-order valence-electron chi connectivity index (χ0n) is 43.2. The third-order valence-electron chi connectivity index (χ3n) is 14.8. The van der Waals surface area contributed by atoms with Crippen molar-refractivity contribution in [3.8, 4) is 67.0 Å². The Morgan fingerprint density at radius 2 is 0.603 bits per heavy atom. The molecule has 0 bridgehead atoms. The van der Waals surface area contributed by atoms with E-state index in [1.54, 1.807) is 0 Å². The lowest BCUT2D eigenvalue weighted by molar-refractivity contribution is 1.09. The number of aryl methyl sites for hydroxylation is 9. The topological polar surface area (TPSA) is 14.2 Å². The highest BCUT2D eigenvalue weighted by Crippen LogP contribution is 2.45. The van der Waals surface area contributed by atoms with E-state index in [9.17, 15) is 0 Å². The van der Waals surface area contributed by atoms with Gasteiger partial charge in [-0.15, -0.1) is 0 Å². The van der Waals surface area contributed by atoms with Crippen molar-refractivity contribution in [2.45, 2.75) is 62.3 Å². The first-order valence-corrected chi connectivity index (χ1v) is 25.4. The van der Waals surface area contributed by atoms with Gasteiger partial charge in [0.2, 0.25) is 0 Å². The Kier molecular flexibility index (Phi) is 10.9. The lowest BCUT2D eigenvalue weighted by Gasteiger charge is -2.21. The molecule has 3 nitrogen and oxygen atoms in total. The molecule has 0 aliphatic heterocycles. The molecule has 0 fully saturated rings. The van der Waals surface area contributed by atoms with Crippen molar-refractivity contribution in [3.63, 3.8) is 0 Å². The summed E-state index contributed by atoms with van der Waals surface area (Å²) in [6.07, 6.45) is 0. The average molecular weight is 940 g/mol. The number of nitrogens with zero attached hydrogens (tertiary/aromatic N) is 3. The molecule has 2 heterocycles. The van der Waals surface area contributed by atoms with Crippen LogP contribution in [0.15, 0.2) is 182 Å². The van der Waals surface area contributed by atoms with Crippen LogP contribution in [-0.2, 0) is 0 Å². The highest BCUT2D eigenvalue weighted by molar-refractivity contribution is 6.14. The fourth-order valence-electron chi connectivity index (χ4n) is 11.9. The van der Waals surface area contributed by atoms with E-state index in [-0.39, 0.29) is 0 Å². The van der Waals surface area contributed by atoms with E-state index < -0.39 is 0 Å². The number of hydrogen-bond donors (Lipinski definition) is 0. The standard InChI is InChI=1S/C70H57N3/c1-41-22-42(2)27-55(26-41)50-14-18-60-61-19-15-51(56-28-43(3)23-44(4)29-56)37-66(61)72(65(60)36-50)69-34-49(9)64(54-12-11-13-59(35-54)71-10)40-70(69)73-67-38-52(57-30-45(5)24-46(6)31-57)16-20-62(67)63-21-17-53(39-68(63)73)58-32-47(7)25-48(8)33-58/h11-40H,1-9H3. The average Bonchev–Trinajstić information content (AvgIpc) is 3.86. The van der Waals surface area contributed by atoms with Crippen molar-refractivity contribution in [3.05, 3.63) is 243 Å². The summed E-state index contributed by atoms with van der Waals surface area (Å²) in [6.45, 7) is 27.8. The van der Waals surface area contributed by atoms with E-state index in [1.165, 1.54) is 111 Å². The fourth-order valence-corrected chi connectivity index (χ4v) is 11.9. The van der Waals surface area contributed by atoms with Crippen LogP contribution in [0, 0.1) is 68.9 Å². The number of hydrogen-bond acceptors (Lipinski definition) is 0. The molecule has 0 amide bonds. The molecule has 73 heavy (non-hydrogen) atoms. The van der Waals surface area contributed by atoms with Gasteiger partial charge in [-0.3, -0.25) is 0 Å². The summed E-state index contributed by atoms with van der Waals surface area (Å²) >= 11 is 0. The Bertz CT molecular complexity index is 4020.